The Bertz CT molecular complexity index is 505. The molecule has 1 aromatic heterocycles. The van der Waals surface area contributed by atoms with E-state index >= 15 is 0 Å². The molecule has 0 atom stereocenters. The van der Waals surface area contributed by atoms with E-state index in [4.69, 9.17) is 11.6 Å². The molecule has 0 aliphatic rings. The molecule has 0 aliphatic carbocycles. The Morgan fingerprint density at radius 3 is 2.73 bits per heavy atom. The molecule has 0 unspecified atom stereocenters. The Hall–Kier alpha value is -1.61. The van der Waals surface area contributed by atoms with Gasteiger partial charge >= 0.3 is 0 Å². The van der Waals surface area contributed by atoms with Crippen LogP contribution < -0.4 is 0 Å². The number of benzene rings is 1. The number of hydrogen-bond donors (Lipinski definition) is 0. The van der Waals surface area contributed by atoms with Crippen LogP contribution in [0.15, 0.2) is 30.5 Å². The molecular weight excluding hydrogens is 212 g/mol. The number of aromatic nitrogens is 2. The predicted molar refractivity (Wildman–Crippen MR) is 59.0 cm³/mol. The standard InChI is InChI=1S/C11H9ClN2O/c1-14-11(4-5-13-14)9-3-2-8(7-15)6-10(9)12/h2-7H,1H3. The number of aldehydes is 1. The molecule has 0 saturated heterocycles. The molecule has 0 bridgehead atoms. The highest BCUT2D eigenvalue weighted by Crippen LogP contribution is 2.27. The fourth-order valence-electron chi connectivity index (χ4n) is 1.45. The molecule has 76 valence electrons. The van der Waals surface area contributed by atoms with Gasteiger partial charge < -0.3 is 0 Å². The van der Waals surface area contributed by atoms with E-state index in [2.05, 4.69) is 5.10 Å². The van der Waals surface area contributed by atoms with E-state index in [0.717, 1.165) is 17.5 Å². The molecular formula is C11H9ClN2O. The van der Waals surface area contributed by atoms with E-state index in [1.54, 1.807) is 23.0 Å². The highest BCUT2D eigenvalue weighted by atomic mass is 35.5. The minimum Gasteiger partial charge on any atom is -0.298 e. The smallest absolute Gasteiger partial charge is 0.150 e. The molecule has 4 heteroatoms. The average molecular weight is 221 g/mol. The van der Waals surface area contributed by atoms with Gasteiger partial charge in [0.1, 0.15) is 6.29 Å². The maximum atomic E-state index is 10.5. The van der Waals surface area contributed by atoms with Gasteiger partial charge in [-0.2, -0.15) is 5.10 Å². The number of carbonyl (C=O) groups is 1. The summed E-state index contributed by atoms with van der Waals surface area (Å²) in [7, 11) is 1.85. The van der Waals surface area contributed by atoms with E-state index < -0.39 is 0 Å². The van der Waals surface area contributed by atoms with Crippen LogP contribution in [-0.4, -0.2) is 16.1 Å². The van der Waals surface area contributed by atoms with Gasteiger partial charge in [0, 0.05) is 24.4 Å². The van der Waals surface area contributed by atoms with Crippen LogP contribution in [0.25, 0.3) is 11.3 Å². The molecule has 2 aromatic rings. The first-order chi connectivity index (χ1) is 7.22. The van der Waals surface area contributed by atoms with Crippen molar-refractivity contribution in [2.45, 2.75) is 0 Å². The van der Waals surface area contributed by atoms with Gasteiger partial charge in [0.15, 0.2) is 0 Å². The summed E-state index contributed by atoms with van der Waals surface area (Å²) in [4.78, 5) is 10.5. The Morgan fingerprint density at radius 2 is 2.20 bits per heavy atom. The molecule has 0 fully saturated rings. The van der Waals surface area contributed by atoms with Crippen LogP contribution in [0.5, 0.6) is 0 Å². The van der Waals surface area contributed by atoms with Crippen molar-refractivity contribution in [3.8, 4) is 11.3 Å². The Kier molecular flexibility index (Phi) is 2.56. The number of rotatable bonds is 2. The maximum Gasteiger partial charge on any atom is 0.150 e. The third-order valence-corrected chi connectivity index (χ3v) is 2.54. The third kappa shape index (κ3) is 1.78. The van der Waals surface area contributed by atoms with Gasteiger partial charge in [0.05, 0.1) is 10.7 Å². The normalized spacial score (nSPS) is 10.3. The molecule has 0 saturated carbocycles. The lowest BCUT2D eigenvalue weighted by atomic mass is 10.1. The molecule has 2 rings (SSSR count). The van der Waals surface area contributed by atoms with E-state index in [0.29, 0.717) is 10.6 Å². The van der Waals surface area contributed by atoms with E-state index in [-0.39, 0.29) is 0 Å². The molecule has 0 radical (unpaired) electrons. The largest absolute Gasteiger partial charge is 0.298 e. The van der Waals surface area contributed by atoms with E-state index in [1.165, 1.54) is 0 Å². The predicted octanol–water partition coefficient (Wildman–Crippen LogP) is 2.55. The molecule has 0 spiro atoms. The summed E-state index contributed by atoms with van der Waals surface area (Å²) in [5, 5.41) is 4.62. The van der Waals surface area contributed by atoms with Crippen LogP contribution in [0.3, 0.4) is 0 Å². The number of nitrogens with zero attached hydrogens (tertiary/aromatic N) is 2. The van der Waals surface area contributed by atoms with Gasteiger partial charge in [-0.25, -0.2) is 0 Å². The van der Waals surface area contributed by atoms with Crippen molar-refractivity contribution in [3.05, 3.63) is 41.0 Å². The zero-order valence-electron chi connectivity index (χ0n) is 8.14. The maximum absolute atomic E-state index is 10.5. The van der Waals surface area contributed by atoms with Crippen LogP contribution in [0, 0.1) is 0 Å². The van der Waals surface area contributed by atoms with Crippen LogP contribution in [-0.2, 0) is 7.05 Å². The summed E-state index contributed by atoms with van der Waals surface area (Å²) in [5.74, 6) is 0. The molecule has 0 N–H and O–H groups in total. The zero-order chi connectivity index (χ0) is 10.8. The second-order valence-corrected chi connectivity index (χ2v) is 3.60. The molecule has 0 amide bonds. The Morgan fingerprint density at radius 1 is 1.40 bits per heavy atom. The van der Waals surface area contributed by atoms with Crippen molar-refractivity contribution < 1.29 is 4.79 Å². The quantitative estimate of drug-likeness (QED) is 0.729. The second kappa shape index (κ2) is 3.87. The van der Waals surface area contributed by atoms with E-state index in [9.17, 15) is 4.79 Å². The second-order valence-electron chi connectivity index (χ2n) is 3.20. The number of halogens is 1. The number of hydrogen-bond acceptors (Lipinski definition) is 2. The van der Waals surface area contributed by atoms with Crippen molar-refractivity contribution in [2.75, 3.05) is 0 Å². The van der Waals surface area contributed by atoms with Crippen molar-refractivity contribution in [1.82, 2.24) is 9.78 Å². The van der Waals surface area contributed by atoms with Gasteiger partial charge in [-0.1, -0.05) is 23.7 Å². The van der Waals surface area contributed by atoms with Crippen LogP contribution in [0.1, 0.15) is 10.4 Å². The Labute approximate surface area is 92.3 Å². The lowest BCUT2D eigenvalue weighted by Crippen LogP contribution is -1.94. The summed E-state index contributed by atoms with van der Waals surface area (Å²) < 4.78 is 1.74. The molecule has 1 aromatic carbocycles. The third-order valence-electron chi connectivity index (χ3n) is 2.23. The summed E-state index contributed by atoms with van der Waals surface area (Å²) in [6, 6.07) is 7.09. The first kappa shape index (κ1) is 9.93. The fraction of sp³-hybridized carbons (Fsp3) is 0.0909. The first-order valence-corrected chi connectivity index (χ1v) is 4.83. The summed E-state index contributed by atoms with van der Waals surface area (Å²) in [6.07, 6.45) is 2.48. The van der Waals surface area contributed by atoms with Gasteiger partial charge in [0.25, 0.3) is 0 Å². The lowest BCUT2D eigenvalue weighted by Gasteiger charge is -2.04. The van der Waals surface area contributed by atoms with Gasteiger partial charge in [-0.3, -0.25) is 9.48 Å². The van der Waals surface area contributed by atoms with Gasteiger partial charge in [-0.05, 0) is 12.1 Å². The van der Waals surface area contributed by atoms with Crippen LogP contribution in [0.2, 0.25) is 5.02 Å². The first-order valence-electron chi connectivity index (χ1n) is 4.45. The zero-order valence-corrected chi connectivity index (χ0v) is 8.90. The SMILES string of the molecule is Cn1nccc1-c1ccc(C=O)cc1Cl. The van der Waals surface area contributed by atoms with Crippen molar-refractivity contribution >= 4 is 17.9 Å². The van der Waals surface area contributed by atoms with Gasteiger partial charge in [0.2, 0.25) is 0 Å². The average Bonchev–Trinajstić information content (AvgIpc) is 2.64. The van der Waals surface area contributed by atoms with Crippen LogP contribution >= 0.6 is 11.6 Å². The fourth-order valence-corrected chi connectivity index (χ4v) is 1.74. The summed E-state index contributed by atoms with van der Waals surface area (Å²) in [6.45, 7) is 0. The molecule has 1 heterocycles. The number of aryl methyl sites for hydroxylation is 1. The monoisotopic (exact) mass is 220 g/mol. The van der Waals surface area contributed by atoms with Crippen molar-refractivity contribution in [2.24, 2.45) is 7.05 Å². The molecule has 3 nitrogen and oxygen atoms in total. The summed E-state index contributed by atoms with van der Waals surface area (Å²) in [5.41, 5.74) is 2.38. The minimum absolute atomic E-state index is 0.559. The molecule has 0 aliphatic heterocycles. The van der Waals surface area contributed by atoms with Crippen molar-refractivity contribution in [1.29, 1.82) is 0 Å². The Balaban J connectivity index is 2.55. The van der Waals surface area contributed by atoms with Gasteiger partial charge in [-0.15, -0.1) is 0 Å². The van der Waals surface area contributed by atoms with E-state index in [1.807, 2.05) is 19.2 Å². The highest BCUT2D eigenvalue weighted by molar-refractivity contribution is 6.33. The lowest BCUT2D eigenvalue weighted by molar-refractivity contribution is 0.112. The minimum atomic E-state index is 0.559. The van der Waals surface area contributed by atoms with Crippen molar-refractivity contribution in [3.63, 3.8) is 0 Å². The topological polar surface area (TPSA) is 34.9 Å². The highest BCUT2D eigenvalue weighted by Gasteiger charge is 2.07. The van der Waals surface area contributed by atoms with Crippen LogP contribution in [0.4, 0.5) is 0 Å². The summed E-state index contributed by atoms with van der Waals surface area (Å²) >= 11 is 6.07. The number of carbonyl (C=O) groups excluding carboxylic acids is 1. The molecule has 15 heavy (non-hydrogen) atoms.